The zero-order valence-electron chi connectivity index (χ0n) is 20.4. The number of aromatic nitrogens is 2. The monoisotopic (exact) mass is 485 g/mol. The van der Waals surface area contributed by atoms with Crippen molar-refractivity contribution in [1.82, 2.24) is 9.55 Å². The number of thioether (sulfide) groups is 1. The number of para-hydroxylation sites is 1. The quantitative estimate of drug-likeness (QED) is 0.268. The predicted octanol–water partition coefficient (Wildman–Crippen LogP) is 5.89. The molecule has 1 heterocycles. The van der Waals surface area contributed by atoms with Gasteiger partial charge in [0, 0.05) is 23.2 Å². The molecule has 2 aliphatic rings. The van der Waals surface area contributed by atoms with Gasteiger partial charge >= 0.3 is 0 Å². The van der Waals surface area contributed by atoms with E-state index in [1.54, 1.807) is 4.57 Å². The van der Waals surface area contributed by atoms with Gasteiger partial charge in [-0.1, -0.05) is 79.2 Å². The topological polar surface area (TPSA) is 64.0 Å². The number of fused-ring (bicyclic) bond motifs is 4. The summed E-state index contributed by atoms with van der Waals surface area (Å²) >= 11 is 1.31. The van der Waals surface area contributed by atoms with E-state index >= 15 is 0 Å². The maximum Gasteiger partial charge on any atom is 0.258 e. The number of hydrogen-bond donors (Lipinski definition) is 1. The van der Waals surface area contributed by atoms with Gasteiger partial charge < -0.3 is 5.32 Å². The first-order valence-corrected chi connectivity index (χ1v) is 13.2. The van der Waals surface area contributed by atoms with Crippen molar-refractivity contribution in [1.29, 1.82) is 0 Å². The molecule has 0 unspecified atom stereocenters. The number of rotatable bonds is 6. The fraction of sp³-hybridized carbons (Fsp3) is 0.345. The number of benzene rings is 2. The summed E-state index contributed by atoms with van der Waals surface area (Å²) in [5.74, 6) is 0.0496. The van der Waals surface area contributed by atoms with Crippen LogP contribution in [0.2, 0.25) is 0 Å². The van der Waals surface area contributed by atoms with E-state index in [0.717, 1.165) is 65.7 Å². The standard InChI is InChI=1S/C29H31N3O2S/c1-19(2)17-32-27(34)25-26(22-12-6-5-11-21(22)16-29(25)14-8-9-15-29)31-28(32)35-18-24(33)30-23-13-7-4-10-20(23)3/h4-7,10-13H,1,8-9,14-18H2,2-3H3,(H,30,33). The normalized spacial score (nSPS) is 15.5. The maximum atomic E-state index is 14.1. The zero-order valence-corrected chi connectivity index (χ0v) is 21.2. The Kier molecular flexibility index (Phi) is 6.41. The molecule has 0 radical (unpaired) electrons. The van der Waals surface area contributed by atoms with Crippen molar-refractivity contribution in [2.75, 3.05) is 11.1 Å². The zero-order chi connectivity index (χ0) is 24.6. The van der Waals surface area contributed by atoms with Crippen LogP contribution in [0.5, 0.6) is 0 Å². The summed E-state index contributed by atoms with van der Waals surface area (Å²) in [6, 6.07) is 16.0. The fourth-order valence-electron chi connectivity index (χ4n) is 5.59. The number of allylic oxidation sites excluding steroid dienone is 1. The van der Waals surface area contributed by atoms with Gasteiger partial charge in [-0.25, -0.2) is 4.98 Å². The fourth-order valence-corrected chi connectivity index (χ4v) is 6.39. The Balaban J connectivity index is 1.55. The second-order valence-electron chi connectivity index (χ2n) is 9.94. The Labute approximate surface area is 210 Å². The van der Waals surface area contributed by atoms with Crippen molar-refractivity contribution in [3.8, 4) is 11.3 Å². The SMILES string of the molecule is C=C(C)Cn1c(SCC(=O)Nc2ccccc2C)nc2c(c1=O)C1(CCCC1)Cc1ccccc1-2. The van der Waals surface area contributed by atoms with E-state index in [1.165, 1.54) is 17.3 Å². The first-order valence-electron chi connectivity index (χ1n) is 12.2. The van der Waals surface area contributed by atoms with Crippen molar-refractivity contribution < 1.29 is 4.79 Å². The van der Waals surface area contributed by atoms with E-state index < -0.39 is 0 Å². The molecule has 2 aliphatic carbocycles. The number of hydrogen-bond acceptors (Lipinski definition) is 4. The van der Waals surface area contributed by atoms with Gasteiger partial charge in [0.25, 0.3) is 5.56 Å². The summed E-state index contributed by atoms with van der Waals surface area (Å²) in [6.07, 6.45) is 5.20. The van der Waals surface area contributed by atoms with Crippen LogP contribution in [0.25, 0.3) is 11.3 Å². The Morgan fingerprint density at radius 1 is 1.14 bits per heavy atom. The third-order valence-electron chi connectivity index (χ3n) is 7.21. The molecule has 5 nitrogen and oxygen atoms in total. The first-order chi connectivity index (χ1) is 16.9. The van der Waals surface area contributed by atoms with Crippen LogP contribution in [-0.2, 0) is 23.2 Å². The van der Waals surface area contributed by atoms with Gasteiger partial charge in [0.1, 0.15) is 0 Å². The predicted molar refractivity (Wildman–Crippen MR) is 143 cm³/mol. The molecule has 1 amide bonds. The molecule has 5 rings (SSSR count). The number of nitrogens with zero attached hydrogens (tertiary/aromatic N) is 2. The van der Waals surface area contributed by atoms with Gasteiger partial charge in [-0.05, 0) is 50.3 Å². The lowest BCUT2D eigenvalue weighted by molar-refractivity contribution is -0.113. The largest absolute Gasteiger partial charge is 0.325 e. The molecule has 1 saturated carbocycles. The number of carbonyl (C=O) groups is 1. The minimum atomic E-state index is -0.143. The van der Waals surface area contributed by atoms with Gasteiger partial charge in [-0.2, -0.15) is 0 Å². The molecular weight excluding hydrogens is 454 g/mol. The molecule has 0 saturated heterocycles. The van der Waals surface area contributed by atoms with Crippen molar-refractivity contribution >= 4 is 23.4 Å². The smallest absolute Gasteiger partial charge is 0.258 e. The highest BCUT2D eigenvalue weighted by Gasteiger charge is 2.44. The molecule has 6 heteroatoms. The average Bonchev–Trinajstić information content (AvgIpc) is 3.29. The molecule has 1 spiro atoms. The van der Waals surface area contributed by atoms with Crippen LogP contribution in [0.15, 0.2) is 70.6 Å². The third-order valence-corrected chi connectivity index (χ3v) is 8.18. The molecular formula is C29H31N3O2S. The molecule has 180 valence electrons. The number of anilines is 1. The van der Waals surface area contributed by atoms with Crippen LogP contribution in [-0.4, -0.2) is 21.2 Å². The van der Waals surface area contributed by atoms with E-state index in [2.05, 4.69) is 30.1 Å². The number of carbonyl (C=O) groups excluding carboxylic acids is 1. The molecule has 1 fully saturated rings. The summed E-state index contributed by atoms with van der Waals surface area (Å²) in [5.41, 5.74) is 6.56. The molecule has 0 bridgehead atoms. The van der Waals surface area contributed by atoms with Crippen molar-refractivity contribution in [3.05, 3.63) is 87.7 Å². The molecule has 1 N–H and O–H groups in total. The number of amides is 1. The molecule has 0 aliphatic heterocycles. The molecule has 35 heavy (non-hydrogen) atoms. The highest BCUT2D eigenvalue weighted by atomic mass is 32.2. The molecule has 2 aromatic carbocycles. The van der Waals surface area contributed by atoms with Gasteiger partial charge in [-0.15, -0.1) is 0 Å². The summed E-state index contributed by atoms with van der Waals surface area (Å²) in [4.78, 5) is 32.0. The van der Waals surface area contributed by atoms with Crippen LogP contribution in [0.1, 0.15) is 49.3 Å². The van der Waals surface area contributed by atoms with Crippen LogP contribution >= 0.6 is 11.8 Å². The van der Waals surface area contributed by atoms with Crippen LogP contribution in [0, 0.1) is 6.92 Å². The second kappa shape index (κ2) is 9.50. The summed E-state index contributed by atoms with van der Waals surface area (Å²) < 4.78 is 1.74. The highest BCUT2D eigenvalue weighted by molar-refractivity contribution is 7.99. The maximum absolute atomic E-state index is 14.1. The van der Waals surface area contributed by atoms with Crippen molar-refractivity contribution in [2.24, 2.45) is 0 Å². The van der Waals surface area contributed by atoms with E-state index in [1.807, 2.05) is 44.2 Å². The summed E-state index contributed by atoms with van der Waals surface area (Å²) in [5, 5.41) is 3.55. The lowest BCUT2D eigenvalue weighted by atomic mass is 9.68. The first kappa shape index (κ1) is 23.6. The minimum absolute atomic E-state index is 0.0243. The van der Waals surface area contributed by atoms with Crippen LogP contribution < -0.4 is 10.9 Å². The van der Waals surface area contributed by atoms with Gasteiger partial charge in [0.05, 0.1) is 17.0 Å². The van der Waals surface area contributed by atoms with Crippen molar-refractivity contribution in [3.63, 3.8) is 0 Å². The highest BCUT2D eigenvalue weighted by Crippen LogP contribution is 2.50. The number of aryl methyl sites for hydroxylation is 1. The Morgan fingerprint density at radius 2 is 1.86 bits per heavy atom. The summed E-state index contributed by atoms with van der Waals surface area (Å²) in [7, 11) is 0. The van der Waals surface area contributed by atoms with E-state index in [4.69, 9.17) is 4.98 Å². The number of nitrogens with one attached hydrogen (secondary N) is 1. The molecule has 0 atom stereocenters. The third kappa shape index (κ3) is 4.47. The summed E-state index contributed by atoms with van der Waals surface area (Å²) in [6.45, 7) is 8.35. The Hall–Kier alpha value is -3.12. The van der Waals surface area contributed by atoms with Crippen molar-refractivity contribution in [2.45, 2.75) is 63.1 Å². The lowest BCUT2D eigenvalue weighted by Crippen LogP contribution is -2.40. The van der Waals surface area contributed by atoms with E-state index in [0.29, 0.717) is 11.7 Å². The Morgan fingerprint density at radius 3 is 2.60 bits per heavy atom. The second-order valence-corrected chi connectivity index (χ2v) is 10.9. The Bertz CT molecular complexity index is 1370. The lowest BCUT2D eigenvalue weighted by Gasteiger charge is -2.36. The molecule has 3 aromatic rings. The minimum Gasteiger partial charge on any atom is -0.325 e. The van der Waals surface area contributed by atoms with Crippen LogP contribution in [0.3, 0.4) is 0 Å². The molecule has 1 aromatic heterocycles. The average molecular weight is 486 g/mol. The van der Waals surface area contributed by atoms with Gasteiger partial charge in [0.2, 0.25) is 5.91 Å². The van der Waals surface area contributed by atoms with Crippen LogP contribution in [0.4, 0.5) is 5.69 Å². The van der Waals surface area contributed by atoms with Gasteiger partial charge in [-0.3, -0.25) is 14.2 Å². The van der Waals surface area contributed by atoms with E-state index in [-0.39, 0.29) is 22.6 Å². The van der Waals surface area contributed by atoms with Gasteiger partial charge in [0.15, 0.2) is 5.16 Å². The van der Waals surface area contributed by atoms with E-state index in [9.17, 15) is 9.59 Å².